The number of amides is 2. The highest BCUT2D eigenvalue weighted by molar-refractivity contribution is 6.31. The number of halogens is 1. The van der Waals surface area contributed by atoms with Crippen LogP contribution in [0, 0.1) is 6.92 Å². The number of hydrogen-bond acceptors (Lipinski definition) is 1. The van der Waals surface area contributed by atoms with E-state index >= 15 is 0 Å². The summed E-state index contributed by atoms with van der Waals surface area (Å²) >= 11 is 6.08. The number of likely N-dealkylation sites (tertiary alicyclic amines) is 1. The number of anilines is 1. The molecule has 0 spiro atoms. The summed E-state index contributed by atoms with van der Waals surface area (Å²) in [5, 5.41) is 3.62. The standard InChI is InChI=1S/C15H21ClN2O/c1-10-7-8-13(9-14(10)16)17-15(19)18-11(2)5-4-6-12(18)3/h7-9,11-12H,4-6H2,1-3H3,(H,17,19)/t11-,12-/m1/s1. The maximum atomic E-state index is 12.4. The summed E-state index contributed by atoms with van der Waals surface area (Å²) in [6.45, 7) is 6.16. The van der Waals surface area contributed by atoms with E-state index in [4.69, 9.17) is 11.6 Å². The van der Waals surface area contributed by atoms with Gasteiger partial charge in [0.05, 0.1) is 0 Å². The minimum atomic E-state index is -0.0281. The lowest BCUT2D eigenvalue weighted by atomic mass is 9.98. The highest BCUT2D eigenvalue weighted by atomic mass is 35.5. The third-order valence-corrected chi connectivity index (χ3v) is 4.26. The van der Waals surface area contributed by atoms with E-state index in [0.717, 1.165) is 24.1 Å². The molecule has 1 fully saturated rings. The lowest BCUT2D eigenvalue weighted by Crippen LogP contribution is -2.49. The summed E-state index contributed by atoms with van der Waals surface area (Å²) in [5.41, 5.74) is 1.77. The van der Waals surface area contributed by atoms with Gasteiger partial charge in [-0.05, 0) is 57.7 Å². The van der Waals surface area contributed by atoms with E-state index in [2.05, 4.69) is 19.2 Å². The SMILES string of the molecule is Cc1ccc(NC(=O)N2[C@H](C)CCC[C@H]2C)cc1Cl. The van der Waals surface area contributed by atoms with Crippen molar-refractivity contribution in [1.29, 1.82) is 0 Å². The minimum absolute atomic E-state index is 0.0281. The third-order valence-electron chi connectivity index (χ3n) is 3.85. The molecule has 3 nitrogen and oxygen atoms in total. The average Bonchev–Trinajstić information content (AvgIpc) is 2.33. The number of nitrogens with one attached hydrogen (secondary N) is 1. The van der Waals surface area contributed by atoms with Crippen molar-refractivity contribution in [1.82, 2.24) is 4.90 Å². The number of carbonyl (C=O) groups is 1. The van der Waals surface area contributed by atoms with Crippen molar-refractivity contribution in [3.05, 3.63) is 28.8 Å². The molecule has 0 aromatic heterocycles. The monoisotopic (exact) mass is 280 g/mol. The number of benzene rings is 1. The fourth-order valence-corrected chi connectivity index (χ4v) is 2.86. The van der Waals surface area contributed by atoms with Gasteiger partial charge < -0.3 is 10.2 Å². The zero-order valence-corrected chi connectivity index (χ0v) is 12.5. The molecule has 1 aliphatic heterocycles. The number of aryl methyl sites for hydroxylation is 1. The second-order valence-electron chi connectivity index (χ2n) is 5.43. The molecule has 1 N–H and O–H groups in total. The number of rotatable bonds is 1. The van der Waals surface area contributed by atoms with Gasteiger partial charge in [0.25, 0.3) is 0 Å². The van der Waals surface area contributed by atoms with Gasteiger partial charge in [0.2, 0.25) is 0 Å². The van der Waals surface area contributed by atoms with Crippen LogP contribution in [0.5, 0.6) is 0 Å². The average molecular weight is 281 g/mol. The number of carbonyl (C=O) groups excluding carboxylic acids is 1. The Morgan fingerprint density at radius 2 is 1.95 bits per heavy atom. The van der Waals surface area contributed by atoms with Crippen LogP contribution in [0.15, 0.2) is 18.2 Å². The predicted molar refractivity (Wildman–Crippen MR) is 79.8 cm³/mol. The van der Waals surface area contributed by atoms with Crippen molar-refractivity contribution in [3.63, 3.8) is 0 Å². The first-order chi connectivity index (χ1) is 8.99. The Hall–Kier alpha value is -1.22. The summed E-state index contributed by atoms with van der Waals surface area (Å²) < 4.78 is 0. The van der Waals surface area contributed by atoms with E-state index < -0.39 is 0 Å². The van der Waals surface area contributed by atoms with Crippen LogP contribution in [0.1, 0.15) is 38.7 Å². The molecule has 0 aliphatic carbocycles. The van der Waals surface area contributed by atoms with Gasteiger partial charge in [-0.3, -0.25) is 0 Å². The van der Waals surface area contributed by atoms with E-state index in [1.807, 2.05) is 24.0 Å². The van der Waals surface area contributed by atoms with Crippen molar-refractivity contribution < 1.29 is 4.79 Å². The van der Waals surface area contributed by atoms with Gasteiger partial charge in [-0.2, -0.15) is 0 Å². The first-order valence-electron chi connectivity index (χ1n) is 6.84. The van der Waals surface area contributed by atoms with Gasteiger partial charge in [0.15, 0.2) is 0 Å². The van der Waals surface area contributed by atoms with Crippen LogP contribution >= 0.6 is 11.6 Å². The van der Waals surface area contributed by atoms with Gasteiger partial charge in [-0.1, -0.05) is 17.7 Å². The van der Waals surface area contributed by atoms with Crippen LogP contribution in [0.3, 0.4) is 0 Å². The Balaban J connectivity index is 2.09. The number of urea groups is 1. The normalized spacial score (nSPS) is 23.3. The maximum Gasteiger partial charge on any atom is 0.322 e. The first kappa shape index (κ1) is 14.2. The summed E-state index contributed by atoms with van der Waals surface area (Å²) in [5.74, 6) is 0. The molecule has 2 amide bonds. The van der Waals surface area contributed by atoms with Crippen molar-refractivity contribution >= 4 is 23.3 Å². The van der Waals surface area contributed by atoms with E-state index in [-0.39, 0.29) is 6.03 Å². The van der Waals surface area contributed by atoms with E-state index in [0.29, 0.717) is 17.1 Å². The van der Waals surface area contributed by atoms with Crippen LogP contribution < -0.4 is 5.32 Å². The maximum absolute atomic E-state index is 12.4. The summed E-state index contributed by atoms with van der Waals surface area (Å²) in [4.78, 5) is 14.3. The van der Waals surface area contributed by atoms with Crippen LogP contribution in [0.25, 0.3) is 0 Å². The van der Waals surface area contributed by atoms with Gasteiger partial charge in [0.1, 0.15) is 0 Å². The van der Waals surface area contributed by atoms with E-state index in [9.17, 15) is 4.79 Å². The molecular formula is C15H21ClN2O. The quantitative estimate of drug-likeness (QED) is 0.810. The second kappa shape index (κ2) is 5.83. The Morgan fingerprint density at radius 3 is 2.53 bits per heavy atom. The molecule has 0 unspecified atom stereocenters. The molecular weight excluding hydrogens is 260 g/mol. The lowest BCUT2D eigenvalue weighted by Gasteiger charge is -2.38. The molecule has 0 saturated carbocycles. The molecule has 1 aromatic rings. The van der Waals surface area contributed by atoms with Crippen molar-refractivity contribution in [2.45, 2.75) is 52.1 Å². The zero-order valence-electron chi connectivity index (χ0n) is 11.7. The molecule has 1 aliphatic rings. The highest BCUT2D eigenvalue weighted by Crippen LogP contribution is 2.25. The summed E-state index contributed by atoms with van der Waals surface area (Å²) in [7, 11) is 0. The van der Waals surface area contributed by atoms with Gasteiger partial charge >= 0.3 is 6.03 Å². The van der Waals surface area contributed by atoms with E-state index in [1.54, 1.807) is 6.07 Å². The molecule has 1 aromatic carbocycles. The van der Waals surface area contributed by atoms with Gasteiger partial charge in [-0.15, -0.1) is 0 Å². The minimum Gasteiger partial charge on any atom is -0.319 e. The fourth-order valence-electron chi connectivity index (χ4n) is 2.68. The van der Waals surface area contributed by atoms with Crippen LogP contribution in [0.4, 0.5) is 10.5 Å². The van der Waals surface area contributed by atoms with Crippen LogP contribution in [-0.4, -0.2) is 23.0 Å². The van der Waals surface area contributed by atoms with Gasteiger partial charge in [-0.25, -0.2) is 4.79 Å². The highest BCUT2D eigenvalue weighted by Gasteiger charge is 2.28. The smallest absolute Gasteiger partial charge is 0.319 e. The first-order valence-corrected chi connectivity index (χ1v) is 7.22. The molecule has 0 bridgehead atoms. The molecule has 19 heavy (non-hydrogen) atoms. The topological polar surface area (TPSA) is 32.3 Å². The van der Waals surface area contributed by atoms with Crippen molar-refractivity contribution in [3.8, 4) is 0 Å². The lowest BCUT2D eigenvalue weighted by molar-refractivity contribution is 0.133. The molecule has 4 heteroatoms. The molecule has 2 rings (SSSR count). The molecule has 0 radical (unpaired) electrons. The predicted octanol–water partition coefficient (Wildman–Crippen LogP) is 4.44. The third kappa shape index (κ3) is 3.21. The Labute approximate surface area is 119 Å². The molecule has 2 atom stereocenters. The number of hydrogen-bond donors (Lipinski definition) is 1. The zero-order chi connectivity index (χ0) is 14.0. The summed E-state index contributed by atoms with van der Waals surface area (Å²) in [6.07, 6.45) is 3.35. The van der Waals surface area contributed by atoms with Crippen molar-refractivity contribution in [2.24, 2.45) is 0 Å². The second-order valence-corrected chi connectivity index (χ2v) is 5.84. The molecule has 104 valence electrons. The largest absolute Gasteiger partial charge is 0.322 e. The number of piperidine rings is 1. The van der Waals surface area contributed by atoms with Crippen LogP contribution in [0.2, 0.25) is 5.02 Å². The molecule has 1 saturated heterocycles. The van der Waals surface area contributed by atoms with Crippen molar-refractivity contribution in [2.75, 3.05) is 5.32 Å². The summed E-state index contributed by atoms with van der Waals surface area (Å²) in [6, 6.07) is 6.17. The van der Waals surface area contributed by atoms with Crippen LogP contribution in [-0.2, 0) is 0 Å². The Bertz CT molecular complexity index is 465. The van der Waals surface area contributed by atoms with Gasteiger partial charge in [0, 0.05) is 22.8 Å². The Morgan fingerprint density at radius 1 is 1.32 bits per heavy atom. The Kier molecular flexibility index (Phi) is 4.35. The number of nitrogens with zero attached hydrogens (tertiary/aromatic N) is 1. The van der Waals surface area contributed by atoms with E-state index in [1.165, 1.54) is 6.42 Å². The molecule has 1 heterocycles. The fraction of sp³-hybridized carbons (Fsp3) is 0.533.